The smallest absolute Gasteiger partial charge is 0.260 e. The van der Waals surface area contributed by atoms with E-state index in [9.17, 15) is 13.2 Å². The molecule has 1 aliphatic rings. The Bertz CT molecular complexity index is 882. The topological polar surface area (TPSA) is 75.7 Å². The Balaban J connectivity index is 1.48. The maximum absolute atomic E-state index is 12.4. The second-order valence-electron chi connectivity index (χ2n) is 6.34. The summed E-state index contributed by atoms with van der Waals surface area (Å²) < 4.78 is 33.9. The molecule has 1 aliphatic heterocycles. The van der Waals surface area contributed by atoms with E-state index in [2.05, 4.69) is 20.7 Å². The lowest BCUT2D eigenvalue weighted by Crippen LogP contribution is -2.47. The summed E-state index contributed by atoms with van der Waals surface area (Å²) in [6.45, 7) is 0.974. The number of likely N-dealkylation sites (tertiary alicyclic amines) is 1. The van der Waals surface area contributed by atoms with Crippen LogP contribution in [0.4, 0.5) is 0 Å². The Kier molecular flexibility index (Phi) is 6.51. The number of piperidine rings is 1. The highest BCUT2D eigenvalue weighted by atomic mass is 79.9. The number of amides is 1. The normalized spacial score (nSPS) is 15.5. The van der Waals surface area contributed by atoms with Crippen LogP contribution in [0.5, 0.6) is 5.75 Å². The van der Waals surface area contributed by atoms with Gasteiger partial charge in [0.15, 0.2) is 6.61 Å². The van der Waals surface area contributed by atoms with Crippen LogP contribution in [0.25, 0.3) is 0 Å². The molecule has 27 heavy (non-hydrogen) atoms. The van der Waals surface area contributed by atoms with Crippen molar-refractivity contribution in [2.45, 2.75) is 23.8 Å². The van der Waals surface area contributed by atoms with Crippen molar-refractivity contribution in [3.63, 3.8) is 0 Å². The number of sulfonamides is 1. The summed E-state index contributed by atoms with van der Waals surface area (Å²) in [6.07, 6.45) is 1.16. The number of hydrogen-bond donors (Lipinski definition) is 1. The Morgan fingerprint density at radius 1 is 1.11 bits per heavy atom. The minimum atomic E-state index is -3.53. The SMILES string of the molecule is O=C(COc1cccc(Br)c1)N1CCC(NS(=O)(=O)c2ccccc2)CC1. The monoisotopic (exact) mass is 452 g/mol. The molecule has 0 aromatic heterocycles. The maximum Gasteiger partial charge on any atom is 0.260 e. The van der Waals surface area contributed by atoms with Crippen LogP contribution in [0.3, 0.4) is 0 Å². The van der Waals surface area contributed by atoms with Crippen molar-refractivity contribution in [3.05, 3.63) is 59.1 Å². The molecule has 0 aliphatic carbocycles. The average molecular weight is 453 g/mol. The molecule has 0 spiro atoms. The lowest BCUT2D eigenvalue weighted by molar-refractivity contribution is -0.134. The second-order valence-corrected chi connectivity index (χ2v) is 8.97. The summed E-state index contributed by atoms with van der Waals surface area (Å²) in [5.41, 5.74) is 0. The zero-order valence-electron chi connectivity index (χ0n) is 14.7. The number of benzene rings is 2. The van der Waals surface area contributed by atoms with Crippen molar-refractivity contribution in [2.75, 3.05) is 19.7 Å². The Morgan fingerprint density at radius 2 is 1.81 bits per heavy atom. The Morgan fingerprint density at radius 3 is 2.48 bits per heavy atom. The van der Waals surface area contributed by atoms with Crippen molar-refractivity contribution in [3.8, 4) is 5.75 Å². The number of carbonyl (C=O) groups is 1. The lowest BCUT2D eigenvalue weighted by atomic mass is 10.1. The molecule has 6 nitrogen and oxygen atoms in total. The van der Waals surface area contributed by atoms with E-state index in [0.29, 0.717) is 31.7 Å². The zero-order chi connectivity index (χ0) is 19.3. The molecule has 144 valence electrons. The van der Waals surface area contributed by atoms with E-state index in [0.717, 1.165) is 4.47 Å². The van der Waals surface area contributed by atoms with E-state index >= 15 is 0 Å². The molecule has 1 amide bonds. The van der Waals surface area contributed by atoms with Gasteiger partial charge in [-0.05, 0) is 43.2 Å². The first kappa shape index (κ1) is 19.9. The number of hydrogen-bond acceptors (Lipinski definition) is 4. The molecule has 2 aromatic rings. The number of halogens is 1. The van der Waals surface area contributed by atoms with Crippen molar-refractivity contribution in [1.29, 1.82) is 0 Å². The van der Waals surface area contributed by atoms with Gasteiger partial charge in [-0.15, -0.1) is 0 Å². The average Bonchev–Trinajstić information content (AvgIpc) is 2.67. The molecule has 0 atom stereocenters. The first-order valence-corrected chi connectivity index (χ1v) is 11.0. The van der Waals surface area contributed by atoms with Crippen LogP contribution in [0, 0.1) is 0 Å². The van der Waals surface area contributed by atoms with Crippen LogP contribution >= 0.6 is 15.9 Å². The Hall–Kier alpha value is -1.90. The van der Waals surface area contributed by atoms with Crippen molar-refractivity contribution in [2.24, 2.45) is 0 Å². The first-order valence-electron chi connectivity index (χ1n) is 8.67. The molecule has 0 saturated carbocycles. The molecule has 3 rings (SSSR count). The largest absolute Gasteiger partial charge is 0.484 e. The van der Waals surface area contributed by atoms with Crippen LogP contribution in [-0.2, 0) is 14.8 Å². The van der Waals surface area contributed by atoms with Crippen molar-refractivity contribution in [1.82, 2.24) is 9.62 Å². The van der Waals surface area contributed by atoms with Crippen LogP contribution in [0.15, 0.2) is 64.0 Å². The quantitative estimate of drug-likeness (QED) is 0.730. The van der Waals surface area contributed by atoms with Crippen LogP contribution in [0.1, 0.15) is 12.8 Å². The van der Waals surface area contributed by atoms with Gasteiger partial charge in [0.05, 0.1) is 4.90 Å². The third kappa shape index (κ3) is 5.54. The van der Waals surface area contributed by atoms with Gasteiger partial charge in [0.2, 0.25) is 10.0 Å². The standard InChI is InChI=1S/C19H21BrN2O4S/c20-15-5-4-6-17(13-15)26-14-19(23)22-11-9-16(10-12-22)21-27(24,25)18-7-2-1-3-8-18/h1-8,13,16,21H,9-12,14H2. The highest BCUT2D eigenvalue weighted by Crippen LogP contribution is 2.19. The maximum atomic E-state index is 12.4. The van der Waals surface area contributed by atoms with Gasteiger partial charge >= 0.3 is 0 Å². The number of rotatable bonds is 6. The van der Waals surface area contributed by atoms with Crippen molar-refractivity contribution < 1.29 is 17.9 Å². The summed E-state index contributed by atoms with van der Waals surface area (Å²) >= 11 is 3.36. The third-order valence-corrected chi connectivity index (χ3v) is 6.41. The molecule has 0 radical (unpaired) electrons. The molecule has 0 unspecified atom stereocenters. The Labute approximate surface area is 167 Å². The van der Waals surface area contributed by atoms with Gasteiger partial charge in [0, 0.05) is 23.6 Å². The fourth-order valence-corrected chi connectivity index (χ4v) is 4.63. The first-order chi connectivity index (χ1) is 12.9. The van der Waals surface area contributed by atoms with E-state index in [1.54, 1.807) is 47.4 Å². The predicted octanol–water partition coefficient (Wildman–Crippen LogP) is 2.80. The van der Waals surface area contributed by atoms with Gasteiger partial charge in [-0.1, -0.05) is 40.2 Å². The van der Waals surface area contributed by atoms with Gasteiger partial charge in [0.1, 0.15) is 5.75 Å². The highest BCUT2D eigenvalue weighted by Gasteiger charge is 2.26. The molecule has 0 bridgehead atoms. The highest BCUT2D eigenvalue weighted by molar-refractivity contribution is 9.10. The molecule has 1 heterocycles. The minimum absolute atomic E-state index is 0.0309. The number of nitrogens with zero attached hydrogens (tertiary/aromatic N) is 1. The minimum Gasteiger partial charge on any atom is -0.484 e. The molecule has 8 heteroatoms. The number of ether oxygens (including phenoxy) is 1. The van der Waals surface area contributed by atoms with Crippen LogP contribution in [0.2, 0.25) is 0 Å². The fourth-order valence-electron chi connectivity index (χ4n) is 2.93. The van der Waals surface area contributed by atoms with E-state index in [4.69, 9.17) is 4.74 Å². The van der Waals surface area contributed by atoms with E-state index < -0.39 is 10.0 Å². The molecule has 1 N–H and O–H groups in total. The fraction of sp³-hybridized carbons (Fsp3) is 0.316. The van der Waals surface area contributed by atoms with Crippen LogP contribution in [-0.4, -0.2) is 45.0 Å². The van der Waals surface area contributed by atoms with Gasteiger partial charge in [-0.25, -0.2) is 13.1 Å². The van der Waals surface area contributed by atoms with E-state index in [1.807, 2.05) is 12.1 Å². The van der Waals surface area contributed by atoms with Crippen LogP contribution < -0.4 is 9.46 Å². The zero-order valence-corrected chi connectivity index (χ0v) is 17.1. The van der Waals surface area contributed by atoms with Crippen molar-refractivity contribution >= 4 is 31.9 Å². The lowest BCUT2D eigenvalue weighted by Gasteiger charge is -2.32. The summed E-state index contributed by atoms with van der Waals surface area (Å²) in [6, 6.07) is 15.5. The molecular formula is C19H21BrN2O4S. The summed E-state index contributed by atoms with van der Waals surface area (Å²) in [4.78, 5) is 14.3. The summed E-state index contributed by atoms with van der Waals surface area (Å²) in [5.74, 6) is 0.530. The summed E-state index contributed by atoms with van der Waals surface area (Å²) in [7, 11) is -3.53. The van der Waals surface area contributed by atoms with E-state index in [-0.39, 0.29) is 23.5 Å². The second kappa shape index (κ2) is 8.86. The number of carbonyl (C=O) groups excluding carboxylic acids is 1. The van der Waals surface area contributed by atoms with Gasteiger partial charge in [-0.3, -0.25) is 4.79 Å². The van der Waals surface area contributed by atoms with Gasteiger partial charge in [-0.2, -0.15) is 0 Å². The predicted molar refractivity (Wildman–Crippen MR) is 106 cm³/mol. The van der Waals surface area contributed by atoms with Gasteiger partial charge in [0.25, 0.3) is 5.91 Å². The molecular weight excluding hydrogens is 432 g/mol. The summed E-state index contributed by atoms with van der Waals surface area (Å²) in [5, 5.41) is 0. The molecule has 2 aromatic carbocycles. The molecule has 1 saturated heterocycles. The third-order valence-electron chi connectivity index (χ3n) is 4.38. The van der Waals surface area contributed by atoms with E-state index in [1.165, 1.54) is 0 Å². The number of nitrogens with one attached hydrogen (secondary N) is 1. The molecule has 1 fully saturated rings. The van der Waals surface area contributed by atoms with Gasteiger partial charge < -0.3 is 9.64 Å².